The molecule has 6 aromatic heterocycles. The summed E-state index contributed by atoms with van der Waals surface area (Å²) >= 11 is 6.38. The zero-order chi connectivity index (χ0) is 55.9. The van der Waals surface area contributed by atoms with Crippen molar-refractivity contribution in [1.29, 1.82) is 0 Å². The van der Waals surface area contributed by atoms with Gasteiger partial charge in [0.15, 0.2) is 11.3 Å². The fourth-order valence-corrected chi connectivity index (χ4v) is 9.03. The lowest BCUT2D eigenvalue weighted by atomic mass is 10.0. The van der Waals surface area contributed by atoms with E-state index in [1.54, 1.807) is 80.5 Å². The summed E-state index contributed by atoms with van der Waals surface area (Å²) in [6.07, 6.45) is 9.23. The highest BCUT2D eigenvalue weighted by atomic mass is 35.5. The summed E-state index contributed by atoms with van der Waals surface area (Å²) in [5, 5.41) is 22.2. The van der Waals surface area contributed by atoms with Crippen molar-refractivity contribution >= 4 is 73.3 Å². The summed E-state index contributed by atoms with van der Waals surface area (Å²) in [5.74, 6) is 4.73. The molecular weight excluding hydrogens is 1030 g/mol. The third-order valence-corrected chi connectivity index (χ3v) is 13.5. The first-order chi connectivity index (χ1) is 38.1. The Kier molecular flexibility index (Phi) is 17.0. The van der Waals surface area contributed by atoms with Crippen LogP contribution in [0.25, 0.3) is 33.1 Å². The van der Waals surface area contributed by atoms with Crippen LogP contribution in [-0.4, -0.2) is 156 Å². The number of aryl methyl sites for hydroxylation is 2. The van der Waals surface area contributed by atoms with Crippen LogP contribution in [0.4, 0.5) is 28.6 Å². The summed E-state index contributed by atoms with van der Waals surface area (Å²) in [7, 11) is 11.8. The number of halogens is 1. The van der Waals surface area contributed by atoms with E-state index in [4.69, 9.17) is 41.4 Å². The summed E-state index contributed by atoms with van der Waals surface area (Å²) in [4.78, 5) is 39.3. The molecule has 79 heavy (non-hydrogen) atoms. The van der Waals surface area contributed by atoms with Gasteiger partial charge in [-0.3, -0.25) is 4.98 Å². The minimum Gasteiger partial charge on any atom is -0.495 e. The van der Waals surface area contributed by atoms with Crippen LogP contribution < -0.4 is 39.8 Å². The van der Waals surface area contributed by atoms with Crippen LogP contribution in [0, 0.1) is 13.8 Å². The Balaban J connectivity index is 0.000000151. The second-order valence-electron chi connectivity index (χ2n) is 19.6. The zero-order valence-corrected chi connectivity index (χ0v) is 46.5. The van der Waals surface area contributed by atoms with Gasteiger partial charge in [0.05, 0.1) is 47.0 Å². The number of benzene rings is 4. The zero-order valence-electron chi connectivity index (χ0n) is 45.8. The van der Waals surface area contributed by atoms with Gasteiger partial charge in [-0.2, -0.15) is 10.2 Å². The quantitative estimate of drug-likeness (QED) is 0.0973. The summed E-state index contributed by atoms with van der Waals surface area (Å²) in [5.41, 5.74) is 14.4. The number of anilines is 5. The maximum absolute atomic E-state index is 8.06. The van der Waals surface area contributed by atoms with E-state index >= 15 is 0 Å². The fourth-order valence-electron chi connectivity index (χ4n) is 8.79. The van der Waals surface area contributed by atoms with Gasteiger partial charge in [-0.25, -0.2) is 38.9 Å². The average Bonchev–Trinajstić information content (AvgIpc) is 4.27. The molecule has 8 heterocycles. The van der Waals surface area contributed by atoms with Gasteiger partial charge in [0.1, 0.15) is 60.5 Å². The topological polar surface area (TPSA) is 233 Å². The van der Waals surface area contributed by atoms with Crippen molar-refractivity contribution < 1.29 is 24.1 Å². The normalized spacial score (nSPS) is 13.4. The Morgan fingerprint density at radius 1 is 0.608 bits per heavy atom. The van der Waals surface area contributed by atoms with Crippen molar-refractivity contribution in [1.82, 2.24) is 63.9 Å². The third kappa shape index (κ3) is 12.7. The maximum Gasteiger partial charge on any atom is 0.224 e. The Hall–Kier alpha value is -8.70. The van der Waals surface area contributed by atoms with Crippen LogP contribution in [0.5, 0.6) is 34.8 Å². The molecule has 0 spiro atoms. The molecule has 10 aromatic rings. The molecular formula is C56H64ClN17O5. The van der Waals surface area contributed by atoms with Gasteiger partial charge in [-0.1, -0.05) is 11.6 Å². The number of methoxy groups -OCH3 is 2. The number of likely N-dealkylation sites (N-methyl/N-ethyl adjacent to an activating group) is 2. The van der Waals surface area contributed by atoms with Crippen LogP contribution in [-0.2, 0) is 0 Å². The first-order valence-corrected chi connectivity index (χ1v) is 25.8. The highest BCUT2D eigenvalue weighted by Gasteiger charge is 2.33. The Morgan fingerprint density at radius 2 is 1.10 bits per heavy atom. The van der Waals surface area contributed by atoms with E-state index < -0.39 is 0 Å². The number of nitrogens with one attached hydrogen (secondary N) is 1. The Morgan fingerprint density at radius 3 is 1.61 bits per heavy atom. The van der Waals surface area contributed by atoms with Gasteiger partial charge >= 0.3 is 0 Å². The van der Waals surface area contributed by atoms with Crippen LogP contribution in [0.3, 0.4) is 0 Å². The molecule has 23 heteroatoms. The molecule has 0 aliphatic carbocycles. The number of aromatic nitrogens is 11. The van der Waals surface area contributed by atoms with Crippen molar-refractivity contribution in [3.8, 4) is 34.8 Å². The van der Waals surface area contributed by atoms with E-state index in [9.17, 15) is 0 Å². The predicted octanol–water partition coefficient (Wildman–Crippen LogP) is 8.51. The number of hydrogen-bond donors (Lipinski definition) is 3. The number of fused-ring (bicyclic) bond motifs is 4. The Labute approximate surface area is 462 Å². The van der Waals surface area contributed by atoms with E-state index in [1.165, 1.54) is 12.7 Å². The van der Waals surface area contributed by atoms with Crippen LogP contribution >= 0.6 is 11.6 Å². The van der Waals surface area contributed by atoms with Gasteiger partial charge in [0.25, 0.3) is 0 Å². The molecule has 2 aliphatic heterocycles. The lowest BCUT2D eigenvalue weighted by Crippen LogP contribution is -2.57. The van der Waals surface area contributed by atoms with E-state index in [0.717, 1.165) is 104 Å². The van der Waals surface area contributed by atoms with Gasteiger partial charge in [-0.15, -0.1) is 0 Å². The minimum absolute atomic E-state index is 0.167. The third-order valence-electron chi connectivity index (χ3n) is 13.2. The molecule has 2 aliphatic rings. The molecule has 0 saturated carbocycles. The number of nitrogens with zero attached hydrogens (tertiary/aromatic N) is 15. The van der Waals surface area contributed by atoms with E-state index in [0.29, 0.717) is 46.6 Å². The van der Waals surface area contributed by atoms with Crippen molar-refractivity contribution in [2.45, 2.75) is 45.9 Å². The first kappa shape index (κ1) is 55.1. The molecule has 410 valence electrons. The first-order valence-electron chi connectivity index (χ1n) is 25.4. The number of pyridine rings is 1. The summed E-state index contributed by atoms with van der Waals surface area (Å²) < 4.78 is 26.1. The van der Waals surface area contributed by atoms with Crippen LogP contribution in [0.2, 0.25) is 5.02 Å². The van der Waals surface area contributed by atoms with Crippen molar-refractivity contribution in [2.24, 2.45) is 0 Å². The second kappa shape index (κ2) is 24.3. The molecule has 0 unspecified atom stereocenters. The number of aliphatic hydroxyl groups excluding tert-OH is 1. The van der Waals surface area contributed by atoms with E-state index in [1.807, 2.05) is 74.5 Å². The fraction of sp³-hybridized carbons (Fsp3) is 0.304. The number of aliphatic hydroxyl groups is 1. The van der Waals surface area contributed by atoms with E-state index in [-0.39, 0.29) is 6.10 Å². The average molecular weight is 1090 g/mol. The minimum atomic E-state index is -0.167. The van der Waals surface area contributed by atoms with E-state index in [2.05, 4.69) is 98.2 Å². The monoisotopic (exact) mass is 1090 g/mol. The molecule has 2 fully saturated rings. The number of rotatable bonds is 12. The molecule has 4 N–H and O–H groups in total. The molecule has 4 aromatic carbocycles. The van der Waals surface area contributed by atoms with Crippen LogP contribution in [0.15, 0.2) is 117 Å². The predicted molar refractivity (Wildman–Crippen MR) is 308 cm³/mol. The highest BCUT2D eigenvalue weighted by Crippen LogP contribution is 2.43. The molecule has 12 rings (SSSR count). The summed E-state index contributed by atoms with van der Waals surface area (Å²) in [6, 6.07) is 25.6. The van der Waals surface area contributed by atoms with Crippen LogP contribution in [0.1, 0.15) is 25.0 Å². The number of nitrogens with two attached hydrogens (primary N) is 1. The van der Waals surface area contributed by atoms with Gasteiger partial charge in [0, 0.05) is 79.5 Å². The smallest absolute Gasteiger partial charge is 0.224 e. The summed E-state index contributed by atoms with van der Waals surface area (Å²) in [6.45, 7) is 11.2. The highest BCUT2D eigenvalue weighted by molar-refractivity contribution is 6.36. The molecule has 0 amide bonds. The molecule has 0 bridgehead atoms. The number of ether oxygens (including phenoxy) is 4. The maximum atomic E-state index is 8.06. The Bertz CT molecular complexity index is 3710. The molecule has 2 saturated heterocycles. The van der Waals surface area contributed by atoms with Crippen molar-refractivity contribution in [3.05, 3.63) is 133 Å². The van der Waals surface area contributed by atoms with Crippen molar-refractivity contribution in [2.75, 3.05) is 89.4 Å². The largest absolute Gasteiger partial charge is 0.495 e. The van der Waals surface area contributed by atoms with Gasteiger partial charge in [0.2, 0.25) is 11.8 Å². The standard InChI is InChI=1S/C26H27N9O2.C15H18ClN3O.C12H11N5O.C3H8O/c1-16-9-17(5-7-20(16)37-23-10-22-28-14-31-35(22)15-30-23)32-26-24-19(27-13-29-26)6-8-21(36-4)25(24)34-11-18(12-34)33(2)3;1-18(2)10-8-19(9-10)15-13(20-3)5-4-12-14(15)11(16)6-7-17-12;1-8-4-9(13)2-3-10(8)18-12-5-11-14-6-16-17(11)7-15-12;1-3(2)4/h5-10,13-15,18H,11-12H2,1-4H3,(H,27,29,32);4-7,10H,8-9H2,1-3H3;2-7H,13H2,1H3;3-4H,1-2H3. The molecule has 22 nitrogen and oxygen atoms in total. The lowest BCUT2D eigenvalue weighted by molar-refractivity contribution is 0.216. The van der Waals surface area contributed by atoms with Gasteiger partial charge in [-0.05, 0) is 134 Å². The number of hydrogen-bond acceptors (Lipinski definition) is 20. The molecule has 0 atom stereocenters. The molecule has 0 radical (unpaired) electrons. The SMILES string of the molecule is CC(C)O.COc1ccc2nccc(Cl)c2c1N1CC(N(C)C)C1.COc1ccc2ncnc(Nc3ccc(Oc4cc5ncnn5cn4)c(C)c3)c2c1N1CC(N(C)C)C1.Cc1cc(N)ccc1Oc1cc2ncnn2cn1. The van der Waals surface area contributed by atoms with Crippen molar-refractivity contribution in [3.63, 3.8) is 0 Å². The van der Waals surface area contributed by atoms with Gasteiger partial charge < -0.3 is 54.7 Å². The lowest BCUT2D eigenvalue weighted by Gasteiger charge is -2.45. The second-order valence-corrected chi connectivity index (χ2v) is 20.0. The number of nitrogen functional groups attached to an aromatic ring is 1.